The van der Waals surface area contributed by atoms with Gasteiger partial charge in [-0.3, -0.25) is 4.79 Å². The Morgan fingerprint density at radius 1 is 1.29 bits per heavy atom. The molecule has 0 aliphatic heterocycles. The van der Waals surface area contributed by atoms with E-state index >= 15 is 0 Å². The maximum absolute atomic E-state index is 12.7. The number of hydrogen-bond acceptors (Lipinski definition) is 4. The van der Waals surface area contributed by atoms with Gasteiger partial charge in [0.05, 0.1) is 13.5 Å². The number of methoxy groups -OCH3 is 1. The third-order valence-corrected chi connectivity index (χ3v) is 2.43. The number of carbonyl (C=O) groups excluding carboxylic acids is 1. The fraction of sp³-hybridized carbons (Fsp3) is 0.417. The van der Waals surface area contributed by atoms with Crippen molar-refractivity contribution in [3.8, 4) is 5.75 Å². The van der Waals surface area contributed by atoms with Gasteiger partial charge in [-0.1, -0.05) is 12.1 Å². The van der Waals surface area contributed by atoms with Crippen molar-refractivity contribution in [2.45, 2.75) is 25.0 Å². The first-order valence-electron chi connectivity index (χ1n) is 5.53. The number of ether oxygens (including phenoxy) is 2. The Balaban J connectivity index is 0.00000400. The first kappa shape index (κ1) is 19.5. The molecule has 0 heterocycles. The van der Waals surface area contributed by atoms with Gasteiger partial charge >= 0.3 is 18.5 Å². The van der Waals surface area contributed by atoms with Crippen LogP contribution in [-0.4, -0.2) is 25.6 Å². The number of hydrogen-bond donors (Lipinski definition) is 1. The predicted octanol–water partition coefficient (Wildman–Crippen LogP) is 2.91. The molecule has 1 atom stereocenters. The first-order valence-corrected chi connectivity index (χ1v) is 5.53. The molecule has 0 aliphatic carbocycles. The molecule has 0 spiro atoms. The SMILES string of the molecule is COC(=O)C[C@H](N)c1ccc(OC(F)(F)C(F)F)cc1.Cl. The van der Waals surface area contributed by atoms with Gasteiger partial charge in [0, 0.05) is 6.04 Å². The summed E-state index contributed by atoms with van der Waals surface area (Å²) in [4.78, 5) is 11.0. The topological polar surface area (TPSA) is 61.5 Å². The van der Waals surface area contributed by atoms with Gasteiger partial charge < -0.3 is 15.2 Å². The minimum Gasteiger partial charge on any atom is -0.469 e. The molecule has 0 aromatic heterocycles. The molecule has 0 saturated heterocycles. The molecule has 0 bridgehead atoms. The first-order chi connectivity index (χ1) is 9.26. The Hall–Kier alpha value is -1.54. The molecule has 1 aromatic carbocycles. The minimum atomic E-state index is -4.56. The normalized spacial score (nSPS) is 12.5. The molecule has 0 aliphatic rings. The monoisotopic (exact) mass is 331 g/mol. The molecule has 2 N–H and O–H groups in total. The highest BCUT2D eigenvalue weighted by Crippen LogP contribution is 2.28. The maximum Gasteiger partial charge on any atom is 0.461 e. The largest absolute Gasteiger partial charge is 0.469 e. The Labute approximate surface area is 124 Å². The highest BCUT2D eigenvalue weighted by molar-refractivity contribution is 5.85. The summed E-state index contributed by atoms with van der Waals surface area (Å²) in [6.07, 6.45) is -8.58. The summed E-state index contributed by atoms with van der Waals surface area (Å²) in [7, 11) is 1.21. The van der Waals surface area contributed by atoms with Crippen molar-refractivity contribution in [3.63, 3.8) is 0 Å². The van der Waals surface area contributed by atoms with Crippen LogP contribution in [0.5, 0.6) is 5.75 Å². The molecule has 120 valence electrons. The van der Waals surface area contributed by atoms with Gasteiger partial charge in [0.1, 0.15) is 5.75 Å². The van der Waals surface area contributed by atoms with E-state index in [1.807, 2.05) is 0 Å². The predicted molar refractivity (Wildman–Crippen MR) is 68.8 cm³/mol. The van der Waals surface area contributed by atoms with Gasteiger partial charge in [-0.05, 0) is 17.7 Å². The summed E-state index contributed by atoms with van der Waals surface area (Å²) in [5, 5.41) is 0. The van der Waals surface area contributed by atoms with Gasteiger partial charge in [-0.25, -0.2) is 0 Å². The second-order valence-electron chi connectivity index (χ2n) is 3.92. The van der Waals surface area contributed by atoms with Crippen molar-refractivity contribution in [2.75, 3.05) is 7.11 Å². The quantitative estimate of drug-likeness (QED) is 0.643. The summed E-state index contributed by atoms with van der Waals surface area (Å²) in [6.45, 7) is 0. The van der Waals surface area contributed by atoms with Crippen LogP contribution in [0.15, 0.2) is 24.3 Å². The van der Waals surface area contributed by atoms with Gasteiger partial charge in [-0.2, -0.15) is 17.6 Å². The van der Waals surface area contributed by atoms with Crippen molar-refractivity contribution < 1.29 is 31.8 Å². The van der Waals surface area contributed by atoms with Crippen LogP contribution < -0.4 is 10.5 Å². The van der Waals surface area contributed by atoms with Gasteiger partial charge in [0.25, 0.3) is 0 Å². The summed E-state index contributed by atoms with van der Waals surface area (Å²) in [5.74, 6) is -0.952. The lowest BCUT2D eigenvalue weighted by Crippen LogP contribution is -2.33. The van der Waals surface area contributed by atoms with E-state index in [2.05, 4.69) is 9.47 Å². The van der Waals surface area contributed by atoms with E-state index in [1.54, 1.807) is 0 Å². The number of halogens is 5. The van der Waals surface area contributed by atoms with E-state index in [4.69, 9.17) is 5.73 Å². The molecule has 0 fully saturated rings. The van der Waals surface area contributed by atoms with Crippen LogP contribution in [0.3, 0.4) is 0 Å². The molecule has 1 rings (SSSR count). The average molecular weight is 332 g/mol. The molecule has 9 heteroatoms. The van der Waals surface area contributed by atoms with Crippen molar-refractivity contribution in [3.05, 3.63) is 29.8 Å². The summed E-state index contributed by atoms with van der Waals surface area (Å²) < 4.78 is 57.5. The summed E-state index contributed by atoms with van der Waals surface area (Å²) >= 11 is 0. The lowest BCUT2D eigenvalue weighted by Gasteiger charge is -2.17. The third-order valence-electron chi connectivity index (χ3n) is 2.43. The zero-order chi connectivity index (χ0) is 15.3. The zero-order valence-electron chi connectivity index (χ0n) is 10.9. The second kappa shape index (κ2) is 8.04. The number of nitrogens with two attached hydrogens (primary N) is 1. The lowest BCUT2D eigenvalue weighted by molar-refractivity contribution is -0.253. The van der Waals surface area contributed by atoms with Crippen LogP contribution in [-0.2, 0) is 9.53 Å². The van der Waals surface area contributed by atoms with Crippen LogP contribution >= 0.6 is 12.4 Å². The van der Waals surface area contributed by atoms with Crippen LogP contribution in [0.1, 0.15) is 18.0 Å². The summed E-state index contributed by atoms with van der Waals surface area (Å²) in [5.41, 5.74) is 6.15. The smallest absolute Gasteiger partial charge is 0.461 e. The molecule has 21 heavy (non-hydrogen) atoms. The van der Waals surface area contributed by atoms with E-state index in [0.29, 0.717) is 5.56 Å². The number of carbonyl (C=O) groups is 1. The second-order valence-corrected chi connectivity index (χ2v) is 3.92. The third kappa shape index (κ3) is 5.76. The number of benzene rings is 1. The molecular formula is C12H14ClF4NO3. The number of esters is 1. The highest BCUT2D eigenvalue weighted by atomic mass is 35.5. The molecular weight excluding hydrogens is 318 g/mol. The van der Waals surface area contributed by atoms with E-state index < -0.39 is 30.3 Å². The zero-order valence-corrected chi connectivity index (χ0v) is 11.7. The maximum atomic E-state index is 12.7. The van der Waals surface area contributed by atoms with Crippen LogP contribution in [0, 0.1) is 0 Å². The fourth-order valence-corrected chi connectivity index (χ4v) is 1.37. The van der Waals surface area contributed by atoms with Gasteiger partial charge in [-0.15, -0.1) is 12.4 Å². The van der Waals surface area contributed by atoms with Crippen LogP contribution in [0.4, 0.5) is 17.6 Å². The standard InChI is InChI=1S/C12H13F4NO3.ClH/c1-19-10(18)6-9(17)7-2-4-8(5-3-7)20-12(15,16)11(13)14;/h2-5,9,11H,6,17H2,1H3;1H/t9-;/m0./s1. The molecule has 4 nitrogen and oxygen atoms in total. The molecule has 1 aromatic rings. The van der Waals surface area contributed by atoms with Crippen molar-refractivity contribution in [1.82, 2.24) is 0 Å². The van der Waals surface area contributed by atoms with Gasteiger partial charge in [0.15, 0.2) is 0 Å². The van der Waals surface area contributed by atoms with Crippen molar-refractivity contribution >= 4 is 18.4 Å². The fourth-order valence-electron chi connectivity index (χ4n) is 1.37. The Morgan fingerprint density at radius 2 is 1.81 bits per heavy atom. The van der Waals surface area contributed by atoms with Gasteiger partial charge in [0.2, 0.25) is 0 Å². The molecule has 0 radical (unpaired) electrons. The number of alkyl halides is 4. The van der Waals surface area contributed by atoms with Crippen molar-refractivity contribution in [2.24, 2.45) is 5.73 Å². The van der Waals surface area contributed by atoms with Crippen LogP contribution in [0.25, 0.3) is 0 Å². The highest BCUT2D eigenvalue weighted by Gasteiger charge is 2.43. The Kier molecular flexibility index (Phi) is 7.45. The van der Waals surface area contributed by atoms with E-state index in [1.165, 1.54) is 19.2 Å². The lowest BCUT2D eigenvalue weighted by atomic mass is 10.0. The molecule has 0 saturated carbocycles. The minimum absolute atomic E-state index is 0. The number of rotatable bonds is 6. The Bertz CT molecular complexity index is 456. The van der Waals surface area contributed by atoms with E-state index in [0.717, 1.165) is 12.1 Å². The van der Waals surface area contributed by atoms with E-state index in [-0.39, 0.29) is 18.8 Å². The Morgan fingerprint density at radius 3 is 2.24 bits per heavy atom. The van der Waals surface area contributed by atoms with E-state index in [9.17, 15) is 22.4 Å². The summed E-state index contributed by atoms with van der Waals surface area (Å²) in [6, 6.07) is 4.08. The van der Waals surface area contributed by atoms with Crippen LogP contribution in [0.2, 0.25) is 0 Å². The average Bonchev–Trinajstić information content (AvgIpc) is 2.38. The molecule has 0 unspecified atom stereocenters. The van der Waals surface area contributed by atoms with Crippen molar-refractivity contribution in [1.29, 1.82) is 0 Å². The molecule has 0 amide bonds.